The first kappa shape index (κ1) is 22.6. The summed E-state index contributed by atoms with van der Waals surface area (Å²) in [7, 11) is 3.15. The number of thioether (sulfide) groups is 1. The lowest BCUT2D eigenvalue weighted by Gasteiger charge is -2.33. The number of fused-ring (bicyclic) bond motifs is 2. The highest BCUT2D eigenvalue weighted by molar-refractivity contribution is 8.01. The molecule has 1 atom stereocenters. The molecule has 8 heteroatoms. The van der Waals surface area contributed by atoms with Crippen molar-refractivity contribution in [2.45, 2.75) is 11.4 Å². The maximum atomic E-state index is 14.2. The third-order valence-electron chi connectivity index (χ3n) is 6.25. The Hall–Kier alpha value is -3.16. The lowest BCUT2D eigenvalue weighted by atomic mass is 10.0. The van der Waals surface area contributed by atoms with Crippen molar-refractivity contribution in [3.63, 3.8) is 0 Å². The van der Waals surface area contributed by atoms with E-state index in [4.69, 9.17) is 21.1 Å². The summed E-state index contributed by atoms with van der Waals surface area (Å²) < 4.78 is 10.8. The Balaban J connectivity index is 1.61. The van der Waals surface area contributed by atoms with Crippen LogP contribution in [0, 0.1) is 0 Å². The number of methoxy groups -OCH3 is 2. The van der Waals surface area contributed by atoms with Crippen molar-refractivity contribution >= 4 is 40.9 Å². The number of carbonyl (C=O) groups excluding carboxylic acids is 2. The summed E-state index contributed by atoms with van der Waals surface area (Å²) in [5.41, 5.74) is 2.82. The van der Waals surface area contributed by atoms with E-state index in [1.165, 1.54) is 11.8 Å². The van der Waals surface area contributed by atoms with E-state index >= 15 is 0 Å². The summed E-state index contributed by atoms with van der Waals surface area (Å²) in [5.74, 6) is 1.48. The van der Waals surface area contributed by atoms with Crippen molar-refractivity contribution < 1.29 is 19.1 Å². The molecular formula is C26H23ClN2O4S. The third kappa shape index (κ3) is 3.51. The lowest BCUT2D eigenvalue weighted by molar-refractivity contribution is -0.123. The molecule has 34 heavy (non-hydrogen) atoms. The monoisotopic (exact) mass is 494 g/mol. The van der Waals surface area contributed by atoms with Gasteiger partial charge in [0.15, 0.2) is 4.87 Å². The Labute approximate surface area is 207 Å². The van der Waals surface area contributed by atoms with E-state index < -0.39 is 4.87 Å². The number of halogens is 1. The molecule has 0 radical (unpaired) electrons. The van der Waals surface area contributed by atoms with Crippen LogP contribution in [0.4, 0.5) is 5.69 Å². The molecule has 5 rings (SSSR count). The summed E-state index contributed by atoms with van der Waals surface area (Å²) in [4.78, 5) is 30.1. The third-order valence-corrected chi connectivity index (χ3v) is 8.04. The zero-order valence-corrected chi connectivity index (χ0v) is 20.4. The molecule has 174 valence electrons. The highest BCUT2D eigenvalue weighted by atomic mass is 35.5. The van der Waals surface area contributed by atoms with Gasteiger partial charge in [-0.25, -0.2) is 0 Å². The van der Waals surface area contributed by atoms with Crippen molar-refractivity contribution in [1.29, 1.82) is 0 Å². The average Bonchev–Trinajstić information content (AvgIpc) is 3.41. The van der Waals surface area contributed by atoms with E-state index in [9.17, 15) is 9.59 Å². The Kier molecular flexibility index (Phi) is 5.91. The summed E-state index contributed by atoms with van der Waals surface area (Å²) in [5, 5.41) is 0.592. The largest absolute Gasteiger partial charge is 0.497 e. The van der Waals surface area contributed by atoms with Gasteiger partial charge in [-0.2, -0.15) is 0 Å². The van der Waals surface area contributed by atoms with Crippen molar-refractivity contribution in [3.8, 4) is 11.5 Å². The van der Waals surface area contributed by atoms with Crippen molar-refractivity contribution in [1.82, 2.24) is 4.90 Å². The number of amides is 2. The normalized spacial score (nSPS) is 19.0. The minimum Gasteiger partial charge on any atom is -0.497 e. The molecule has 1 saturated heterocycles. The van der Waals surface area contributed by atoms with Gasteiger partial charge in [0.05, 0.1) is 26.5 Å². The number of carbonyl (C=O) groups is 2. The predicted molar refractivity (Wildman–Crippen MR) is 134 cm³/mol. The van der Waals surface area contributed by atoms with Gasteiger partial charge in [0.1, 0.15) is 11.5 Å². The van der Waals surface area contributed by atoms with Crippen molar-refractivity contribution in [2.24, 2.45) is 0 Å². The van der Waals surface area contributed by atoms with Crippen LogP contribution in [-0.2, 0) is 16.2 Å². The van der Waals surface area contributed by atoms with Gasteiger partial charge in [-0.05, 0) is 48.0 Å². The first-order valence-electron chi connectivity index (χ1n) is 10.8. The van der Waals surface area contributed by atoms with E-state index in [2.05, 4.69) is 0 Å². The summed E-state index contributed by atoms with van der Waals surface area (Å²) in [6.07, 6.45) is 0. The summed E-state index contributed by atoms with van der Waals surface area (Å²) >= 11 is 7.90. The van der Waals surface area contributed by atoms with Crippen LogP contribution in [0.5, 0.6) is 11.5 Å². The fourth-order valence-electron chi connectivity index (χ4n) is 4.59. The molecular weight excluding hydrogens is 472 g/mol. The van der Waals surface area contributed by atoms with Gasteiger partial charge in [-0.15, -0.1) is 11.8 Å². The SMILES string of the molecule is COc1cccc(C(=O)N2CCSC23C(=O)N(Cc2ccccc2Cl)c2ccc(OC)cc23)c1. The topological polar surface area (TPSA) is 59.1 Å². The second kappa shape index (κ2) is 8.89. The fourth-order valence-corrected chi connectivity index (χ4v) is 6.23. The molecule has 0 saturated carbocycles. The number of rotatable bonds is 5. The van der Waals surface area contributed by atoms with E-state index in [1.54, 1.807) is 48.3 Å². The van der Waals surface area contributed by atoms with Gasteiger partial charge in [0.25, 0.3) is 11.8 Å². The first-order chi connectivity index (χ1) is 16.5. The molecule has 2 heterocycles. The minimum absolute atomic E-state index is 0.158. The molecule has 2 aliphatic rings. The van der Waals surface area contributed by atoms with E-state index in [-0.39, 0.29) is 11.8 Å². The lowest BCUT2D eigenvalue weighted by Crippen LogP contribution is -2.50. The molecule has 0 aliphatic carbocycles. The van der Waals surface area contributed by atoms with Crippen LogP contribution in [0.3, 0.4) is 0 Å². The standard InChI is InChI=1S/C26H23ClN2O4S/c1-32-19-8-5-7-17(14-19)24(30)29-12-13-34-26(29)21-15-20(33-2)10-11-23(21)28(25(26)31)16-18-6-3-4-9-22(18)27/h3-11,14-15H,12-13,16H2,1-2H3. The number of anilines is 1. The quantitative estimate of drug-likeness (QED) is 0.502. The molecule has 6 nitrogen and oxygen atoms in total. The number of nitrogens with zero attached hydrogens (tertiary/aromatic N) is 2. The predicted octanol–water partition coefficient (Wildman–Crippen LogP) is 4.95. The molecule has 0 aromatic heterocycles. The second-order valence-corrected chi connectivity index (χ2v) is 9.74. The van der Waals surface area contributed by atoms with Crippen LogP contribution in [0.15, 0.2) is 66.7 Å². The molecule has 0 bridgehead atoms. The first-order valence-corrected chi connectivity index (χ1v) is 12.2. The maximum Gasteiger partial charge on any atom is 0.268 e. The Bertz CT molecular complexity index is 1280. The van der Waals surface area contributed by atoms with Crippen molar-refractivity contribution in [2.75, 3.05) is 31.4 Å². The summed E-state index contributed by atoms with van der Waals surface area (Å²) in [6, 6.07) is 20.1. The summed E-state index contributed by atoms with van der Waals surface area (Å²) in [6.45, 7) is 0.754. The molecule has 3 aromatic carbocycles. The molecule has 2 aliphatic heterocycles. The van der Waals surface area contributed by atoms with Gasteiger partial charge in [-0.1, -0.05) is 35.9 Å². The smallest absolute Gasteiger partial charge is 0.268 e. The van der Waals surface area contributed by atoms with E-state index in [1.807, 2.05) is 42.5 Å². The number of benzene rings is 3. The molecule has 1 spiro atoms. The molecule has 0 N–H and O–H groups in total. The maximum absolute atomic E-state index is 14.2. The molecule has 1 unspecified atom stereocenters. The highest BCUT2D eigenvalue weighted by Crippen LogP contribution is 2.55. The number of hydrogen-bond acceptors (Lipinski definition) is 5. The Morgan fingerprint density at radius 2 is 1.79 bits per heavy atom. The Morgan fingerprint density at radius 3 is 2.56 bits per heavy atom. The zero-order valence-electron chi connectivity index (χ0n) is 18.8. The van der Waals surface area contributed by atoms with Crippen LogP contribution in [0.2, 0.25) is 5.02 Å². The second-order valence-electron chi connectivity index (χ2n) is 8.05. The van der Waals surface area contributed by atoms with Crippen LogP contribution < -0.4 is 14.4 Å². The number of hydrogen-bond donors (Lipinski definition) is 0. The van der Waals surface area contributed by atoms with Gasteiger partial charge in [0, 0.05) is 28.4 Å². The van der Waals surface area contributed by atoms with Crippen LogP contribution >= 0.6 is 23.4 Å². The highest BCUT2D eigenvalue weighted by Gasteiger charge is 2.59. The van der Waals surface area contributed by atoms with E-state index in [0.717, 1.165) is 16.8 Å². The fraction of sp³-hybridized carbons (Fsp3) is 0.231. The Morgan fingerprint density at radius 1 is 1.03 bits per heavy atom. The van der Waals surface area contributed by atoms with Crippen molar-refractivity contribution in [3.05, 3.63) is 88.4 Å². The minimum atomic E-state index is -1.18. The average molecular weight is 495 g/mol. The van der Waals surface area contributed by atoms with Gasteiger partial charge in [0.2, 0.25) is 0 Å². The molecule has 1 fully saturated rings. The van der Waals surface area contributed by atoms with Gasteiger partial charge in [-0.3, -0.25) is 9.59 Å². The van der Waals surface area contributed by atoms with Crippen LogP contribution in [-0.4, -0.2) is 43.2 Å². The van der Waals surface area contributed by atoms with Gasteiger partial charge >= 0.3 is 0 Å². The van der Waals surface area contributed by atoms with Crippen LogP contribution in [0.25, 0.3) is 0 Å². The van der Waals surface area contributed by atoms with E-state index in [0.29, 0.717) is 40.9 Å². The molecule has 2 amide bonds. The van der Waals surface area contributed by atoms with Gasteiger partial charge < -0.3 is 19.3 Å². The number of ether oxygens (including phenoxy) is 2. The zero-order chi connectivity index (χ0) is 23.9. The van der Waals surface area contributed by atoms with Crippen LogP contribution in [0.1, 0.15) is 21.5 Å². The molecule has 3 aromatic rings.